The smallest absolute Gasteiger partial charge is 0.244 e. The minimum absolute atomic E-state index is 0.229. The zero-order valence-corrected chi connectivity index (χ0v) is 11.6. The van der Waals surface area contributed by atoms with Gasteiger partial charge in [0.05, 0.1) is 11.4 Å². The lowest BCUT2D eigenvalue weighted by Gasteiger charge is -2.06. The van der Waals surface area contributed by atoms with Crippen LogP contribution in [-0.2, 0) is 16.4 Å². The molecule has 0 fully saturated rings. The first kappa shape index (κ1) is 13.7. The van der Waals surface area contributed by atoms with Gasteiger partial charge in [-0.3, -0.25) is 10.2 Å². The highest BCUT2D eigenvalue weighted by atomic mass is 32.2. The van der Waals surface area contributed by atoms with Crippen molar-refractivity contribution in [3.8, 4) is 0 Å². The second-order valence-corrected chi connectivity index (χ2v) is 5.90. The first-order valence-electron chi connectivity index (χ1n) is 5.86. The van der Waals surface area contributed by atoms with Gasteiger partial charge in [-0.15, -0.1) is 0 Å². The maximum absolute atomic E-state index is 12.1. The van der Waals surface area contributed by atoms with Gasteiger partial charge >= 0.3 is 0 Å². The van der Waals surface area contributed by atoms with E-state index in [0.717, 1.165) is 5.82 Å². The molecule has 2 heterocycles. The summed E-state index contributed by atoms with van der Waals surface area (Å²) in [6, 6.07) is 0. The third-order valence-corrected chi connectivity index (χ3v) is 4.40. The van der Waals surface area contributed by atoms with Crippen molar-refractivity contribution in [1.82, 2.24) is 30.1 Å². The molecule has 0 aliphatic carbocycles. The van der Waals surface area contributed by atoms with Crippen LogP contribution >= 0.6 is 0 Å². The quantitative estimate of drug-likeness (QED) is 0.648. The van der Waals surface area contributed by atoms with E-state index >= 15 is 0 Å². The van der Waals surface area contributed by atoms with Gasteiger partial charge in [0.2, 0.25) is 10.0 Å². The Bertz CT molecular complexity index is 612. The Labute approximate surface area is 111 Å². The molecule has 0 amide bonds. The number of aryl methyl sites for hydroxylation is 3. The largest absolute Gasteiger partial charge is 0.281 e. The lowest BCUT2D eigenvalue weighted by molar-refractivity contribution is 0.577. The molecule has 2 rings (SSSR count). The SMILES string of the molecule is Cc1n[nH]c(C)c1S(=O)(=O)NCCCc1ncn[nH]1. The van der Waals surface area contributed by atoms with Crippen molar-refractivity contribution in [1.29, 1.82) is 0 Å². The van der Waals surface area contributed by atoms with E-state index in [2.05, 4.69) is 30.1 Å². The number of hydrogen-bond acceptors (Lipinski definition) is 5. The normalized spacial score (nSPS) is 11.9. The van der Waals surface area contributed by atoms with E-state index in [1.54, 1.807) is 13.8 Å². The van der Waals surface area contributed by atoms with Gasteiger partial charge in [-0.1, -0.05) is 0 Å². The topological polar surface area (TPSA) is 116 Å². The van der Waals surface area contributed by atoms with E-state index in [1.165, 1.54) is 6.33 Å². The summed E-state index contributed by atoms with van der Waals surface area (Å²) in [4.78, 5) is 4.20. The van der Waals surface area contributed by atoms with Crippen molar-refractivity contribution < 1.29 is 8.42 Å². The summed E-state index contributed by atoms with van der Waals surface area (Å²) >= 11 is 0. The highest BCUT2D eigenvalue weighted by molar-refractivity contribution is 7.89. The molecule has 0 saturated heterocycles. The van der Waals surface area contributed by atoms with E-state index in [1.807, 2.05) is 0 Å². The van der Waals surface area contributed by atoms with Crippen LogP contribution in [0.15, 0.2) is 11.2 Å². The lowest BCUT2D eigenvalue weighted by Crippen LogP contribution is -2.26. The van der Waals surface area contributed by atoms with Crippen LogP contribution in [0.5, 0.6) is 0 Å². The maximum atomic E-state index is 12.1. The first-order chi connectivity index (χ1) is 9.00. The van der Waals surface area contributed by atoms with Gasteiger partial charge in [0.25, 0.3) is 0 Å². The molecule has 19 heavy (non-hydrogen) atoms. The van der Waals surface area contributed by atoms with E-state index in [0.29, 0.717) is 30.8 Å². The fraction of sp³-hybridized carbons (Fsp3) is 0.500. The van der Waals surface area contributed by atoms with Crippen LogP contribution in [0.4, 0.5) is 0 Å². The van der Waals surface area contributed by atoms with Gasteiger partial charge in [0.1, 0.15) is 17.0 Å². The zero-order valence-electron chi connectivity index (χ0n) is 10.8. The Hall–Kier alpha value is -1.74. The van der Waals surface area contributed by atoms with E-state index in [9.17, 15) is 8.42 Å². The highest BCUT2D eigenvalue weighted by Gasteiger charge is 2.21. The minimum Gasteiger partial charge on any atom is -0.281 e. The number of rotatable bonds is 6. The fourth-order valence-electron chi connectivity index (χ4n) is 1.82. The van der Waals surface area contributed by atoms with E-state index < -0.39 is 10.0 Å². The zero-order chi connectivity index (χ0) is 13.9. The Balaban J connectivity index is 1.92. The molecule has 0 unspecified atom stereocenters. The number of aromatic amines is 2. The highest BCUT2D eigenvalue weighted by Crippen LogP contribution is 2.15. The number of nitrogens with zero attached hydrogens (tertiary/aromatic N) is 3. The number of H-pyrrole nitrogens is 2. The first-order valence-corrected chi connectivity index (χ1v) is 7.34. The molecule has 8 nitrogen and oxygen atoms in total. The average Bonchev–Trinajstić information content (AvgIpc) is 2.95. The van der Waals surface area contributed by atoms with Crippen molar-refractivity contribution in [3.63, 3.8) is 0 Å². The summed E-state index contributed by atoms with van der Waals surface area (Å²) in [5.74, 6) is 0.745. The molecule has 2 aromatic rings. The molecule has 104 valence electrons. The van der Waals surface area contributed by atoms with Crippen LogP contribution in [0.3, 0.4) is 0 Å². The summed E-state index contributed by atoms with van der Waals surface area (Å²) in [5, 5.41) is 13.0. The van der Waals surface area contributed by atoms with Crippen LogP contribution in [-0.4, -0.2) is 40.3 Å². The molecule has 0 saturated carbocycles. The molecule has 0 aliphatic rings. The predicted molar refractivity (Wildman–Crippen MR) is 68.0 cm³/mol. The molecule has 0 spiro atoms. The Kier molecular flexibility index (Phi) is 3.96. The lowest BCUT2D eigenvalue weighted by atomic mass is 10.3. The van der Waals surface area contributed by atoms with Gasteiger partial charge in [-0.2, -0.15) is 10.2 Å². The van der Waals surface area contributed by atoms with Crippen molar-refractivity contribution in [3.05, 3.63) is 23.5 Å². The van der Waals surface area contributed by atoms with Crippen LogP contribution in [0.2, 0.25) is 0 Å². The molecule has 9 heteroatoms. The monoisotopic (exact) mass is 284 g/mol. The summed E-state index contributed by atoms with van der Waals surface area (Å²) in [7, 11) is -3.51. The second-order valence-electron chi connectivity index (χ2n) is 4.20. The van der Waals surface area contributed by atoms with Crippen LogP contribution in [0.1, 0.15) is 23.6 Å². The summed E-state index contributed by atoms with van der Waals surface area (Å²) in [6.45, 7) is 3.68. The van der Waals surface area contributed by atoms with Gasteiger partial charge in [0, 0.05) is 13.0 Å². The van der Waals surface area contributed by atoms with Crippen molar-refractivity contribution in [2.24, 2.45) is 0 Å². The molecular weight excluding hydrogens is 268 g/mol. The van der Waals surface area contributed by atoms with Gasteiger partial charge in [-0.05, 0) is 20.3 Å². The predicted octanol–water partition coefficient (Wildman–Crippen LogP) is 0.0557. The molecule has 0 aliphatic heterocycles. The van der Waals surface area contributed by atoms with Gasteiger partial charge < -0.3 is 0 Å². The number of nitrogens with one attached hydrogen (secondary N) is 3. The molecule has 3 N–H and O–H groups in total. The Morgan fingerprint density at radius 1 is 1.32 bits per heavy atom. The van der Waals surface area contributed by atoms with Crippen molar-refractivity contribution >= 4 is 10.0 Å². The molecule has 0 atom stereocenters. The molecule has 0 bridgehead atoms. The number of sulfonamides is 1. The van der Waals surface area contributed by atoms with Crippen LogP contribution < -0.4 is 4.72 Å². The van der Waals surface area contributed by atoms with E-state index in [4.69, 9.17) is 0 Å². The maximum Gasteiger partial charge on any atom is 0.244 e. The third kappa shape index (κ3) is 3.18. The van der Waals surface area contributed by atoms with Crippen LogP contribution in [0, 0.1) is 13.8 Å². The summed E-state index contributed by atoms with van der Waals surface area (Å²) in [5.41, 5.74) is 1.01. The number of aromatic nitrogens is 5. The molecular formula is C10H16N6O2S. The number of hydrogen-bond donors (Lipinski definition) is 3. The van der Waals surface area contributed by atoms with Crippen LogP contribution in [0.25, 0.3) is 0 Å². The molecule has 0 radical (unpaired) electrons. The molecule has 2 aromatic heterocycles. The Morgan fingerprint density at radius 2 is 2.11 bits per heavy atom. The average molecular weight is 284 g/mol. The third-order valence-electron chi connectivity index (χ3n) is 2.68. The van der Waals surface area contributed by atoms with Crippen molar-refractivity contribution in [2.75, 3.05) is 6.54 Å². The molecule has 0 aromatic carbocycles. The fourth-order valence-corrected chi connectivity index (χ4v) is 3.26. The summed E-state index contributed by atoms with van der Waals surface area (Å²) in [6.07, 6.45) is 2.72. The Morgan fingerprint density at radius 3 is 2.68 bits per heavy atom. The van der Waals surface area contributed by atoms with Gasteiger partial charge in [0.15, 0.2) is 0 Å². The second kappa shape index (κ2) is 5.49. The minimum atomic E-state index is -3.51. The summed E-state index contributed by atoms with van der Waals surface area (Å²) < 4.78 is 26.7. The van der Waals surface area contributed by atoms with Gasteiger partial charge in [-0.25, -0.2) is 18.1 Å². The van der Waals surface area contributed by atoms with E-state index in [-0.39, 0.29) is 4.90 Å². The van der Waals surface area contributed by atoms with Crippen molar-refractivity contribution in [2.45, 2.75) is 31.6 Å². The standard InChI is InChI=1S/C10H16N6O2S/c1-7-10(8(2)15-14-7)19(17,18)13-5-3-4-9-11-6-12-16-9/h6,13H,3-5H2,1-2H3,(H,14,15)(H,11,12,16).